The minimum absolute atomic E-state index is 0.00748. The summed E-state index contributed by atoms with van der Waals surface area (Å²) in [5.41, 5.74) is 1.27. The van der Waals surface area contributed by atoms with Crippen molar-refractivity contribution >= 4 is 27.3 Å². The van der Waals surface area contributed by atoms with E-state index in [0.29, 0.717) is 12.1 Å². The predicted octanol–water partition coefficient (Wildman–Crippen LogP) is 1.41. The van der Waals surface area contributed by atoms with Crippen LogP contribution in [0.3, 0.4) is 0 Å². The zero-order valence-corrected chi connectivity index (χ0v) is 12.3. The third-order valence-corrected chi connectivity index (χ3v) is 4.53. The van der Waals surface area contributed by atoms with Gasteiger partial charge < -0.3 is 9.67 Å². The summed E-state index contributed by atoms with van der Waals surface area (Å²) in [5.74, 6) is 0. The molecule has 6 nitrogen and oxygen atoms in total. The van der Waals surface area contributed by atoms with Crippen molar-refractivity contribution in [2.75, 3.05) is 11.3 Å². The number of hydrogen-bond acceptors (Lipinski definition) is 4. The highest BCUT2D eigenvalue weighted by molar-refractivity contribution is 7.92. The van der Waals surface area contributed by atoms with E-state index in [1.54, 1.807) is 18.2 Å². The first-order valence-corrected chi connectivity index (χ1v) is 7.70. The first-order valence-electron chi connectivity index (χ1n) is 5.84. The van der Waals surface area contributed by atoms with Crippen LogP contribution in [0.25, 0.3) is 0 Å². The summed E-state index contributed by atoms with van der Waals surface area (Å²) >= 11 is 5.74. The van der Waals surface area contributed by atoms with E-state index in [4.69, 9.17) is 16.7 Å². The van der Waals surface area contributed by atoms with Gasteiger partial charge in [-0.05, 0) is 35.7 Å². The molecule has 2 N–H and O–H groups in total. The quantitative estimate of drug-likeness (QED) is 0.873. The molecule has 8 heteroatoms. The second-order valence-corrected chi connectivity index (χ2v) is 6.17. The fourth-order valence-electron chi connectivity index (χ4n) is 1.75. The average Bonchev–Trinajstić information content (AvgIpc) is 2.71. The molecule has 0 unspecified atom stereocenters. The molecule has 1 heterocycles. The molecule has 0 fully saturated rings. The fraction of sp³-hybridized carbons (Fsp3) is 0.250. The highest BCUT2D eigenvalue weighted by Crippen LogP contribution is 2.19. The van der Waals surface area contributed by atoms with E-state index in [1.165, 1.54) is 17.8 Å². The predicted molar refractivity (Wildman–Crippen MR) is 76.3 cm³/mol. The number of nitrogens with zero attached hydrogens (tertiary/aromatic N) is 2. The van der Waals surface area contributed by atoms with Crippen molar-refractivity contribution < 1.29 is 13.5 Å². The lowest BCUT2D eigenvalue weighted by Crippen LogP contribution is -2.16. The number of rotatable bonds is 5. The lowest BCUT2D eigenvalue weighted by molar-refractivity contribution is 0.299. The first kappa shape index (κ1) is 14.8. The van der Waals surface area contributed by atoms with Crippen molar-refractivity contribution in [3.63, 3.8) is 0 Å². The van der Waals surface area contributed by atoms with Gasteiger partial charge >= 0.3 is 0 Å². The number of aliphatic hydroxyl groups is 1. The molecule has 0 aliphatic carbocycles. The van der Waals surface area contributed by atoms with E-state index in [9.17, 15) is 8.42 Å². The molecular formula is C12H14ClN3O3S. The first-order chi connectivity index (χ1) is 9.44. The Hall–Kier alpha value is -1.57. The molecule has 0 saturated heterocycles. The normalized spacial score (nSPS) is 11.6. The lowest BCUT2D eigenvalue weighted by Gasteiger charge is -2.09. The third kappa shape index (κ3) is 3.12. The molecular weight excluding hydrogens is 302 g/mol. The van der Waals surface area contributed by atoms with Gasteiger partial charge in [0.25, 0.3) is 10.0 Å². The Morgan fingerprint density at radius 1 is 1.45 bits per heavy atom. The highest BCUT2D eigenvalue weighted by atomic mass is 35.5. The second-order valence-electron chi connectivity index (χ2n) is 4.20. The summed E-state index contributed by atoms with van der Waals surface area (Å²) in [6, 6.07) is 6.84. The zero-order valence-electron chi connectivity index (χ0n) is 10.7. The molecule has 0 spiro atoms. The van der Waals surface area contributed by atoms with Crippen LogP contribution in [0, 0.1) is 0 Å². The number of benzene rings is 1. The molecule has 2 rings (SSSR count). The van der Waals surface area contributed by atoms with Gasteiger partial charge in [-0.1, -0.05) is 12.1 Å². The largest absolute Gasteiger partial charge is 0.396 e. The number of imidazole rings is 1. The number of sulfonamides is 1. The lowest BCUT2D eigenvalue weighted by atomic mass is 10.1. The van der Waals surface area contributed by atoms with E-state index in [2.05, 4.69) is 9.71 Å². The maximum absolute atomic E-state index is 12.2. The molecule has 0 atom stereocenters. The number of anilines is 1. The summed E-state index contributed by atoms with van der Waals surface area (Å²) in [4.78, 5) is 3.75. The fourth-order valence-corrected chi connectivity index (χ4v) is 3.12. The average molecular weight is 316 g/mol. The summed E-state index contributed by atoms with van der Waals surface area (Å²) < 4.78 is 28.2. The van der Waals surface area contributed by atoms with E-state index in [1.807, 2.05) is 6.07 Å². The summed E-state index contributed by atoms with van der Waals surface area (Å²) in [5, 5.41) is 8.97. The van der Waals surface area contributed by atoms with Gasteiger partial charge in [0, 0.05) is 19.3 Å². The molecule has 1 aromatic carbocycles. The molecule has 0 saturated carbocycles. The summed E-state index contributed by atoms with van der Waals surface area (Å²) in [6.07, 6.45) is 1.66. The van der Waals surface area contributed by atoms with Crippen LogP contribution in [0.2, 0.25) is 5.28 Å². The molecule has 20 heavy (non-hydrogen) atoms. The van der Waals surface area contributed by atoms with Crippen LogP contribution in [0.1, 0.15) is 5.56 Å². The highest BCUT2D eigenvalue weighted by Gasteiger charge is 2.20. The van der Waals surface area contributed by atoms with Gasteiger partial charge in [-0.25, -0.2) is 4.98 Å². The van der Waals surface area contributed by atoms with Crippen LogP contribution in [-0.4, -0.2) is 29.7 Å². The van der Waals surface area contributed by atoms with Gasteiger partial charge in [0.2, 0.25) is 5.28 Å². The Morgan fingerprint density at radius 2 is 2.20 bits per heavy atom. The van der Waals surface area contributed by atoms with Crippen LogP contribution in [0.5, 0.6) is 0 Å². The Bertz CT molecular complexity index is 712. The Labute approximate surface area is 122 Å². The minimum atomic E-state index is -3.75. The monoisotopic (exact) mass is 315 g/mol. The molecule has 0 amide bonds. The van der Waals surface area contributed by atoms with Crippen molar-refractivity contribution in [2.24, 2.45) is 7.05 Å². The Kier molecular flexibility index (Phi) is 4.32. The molecule has 0 aliphatic heterocycles. The number of nitrogens with one attached hydrogen (secondary N) is 1. The maximum Gasteiger partial charge on any atom is 0.279 e. The smallest absolute Gasteiger partial charge is 0.279 e. The molecule has 0 radical (unpaired) electrons. The van der Waals surface area contributed by atoms with Gasteiger partial charge in [0.05, 0.1) is 6.20 Å². The Balaban J connectivity index is 2.29. The number of hydrogen-bond donors (Lipinski definition) is 2. The maximum atomic E-state index is 12.2. The van der Waals surface area contributed by atoms with Gasteiger partial charge in [0.15, 0.2) is 5.03 Å². The molecule has 0 aliphatic rings. The SMILES string of the molecule is Cn1c(S(=O)(=O)Nc2cccc(CCO)c2)cnc1Cl. The van der Waals surface area contributed by atoms with Crippen molar-refractivity contribution in [3.05, 3.63) is 41.3 Å². The van der Waals surface area contributed by atoms with Crippen LogP contribution in [-0.2, 0) is 23.5 Å². The molecule has 2 aromatic rings. The van der Waals surface area contributed by atoms with Crippen LogP contribution in [0.15, 0.2) is 35.5 Å². The van der Waals surface area contributed by atoms with Gasteiger partial charge in [0.1, 0.15) is 0 Å². The number of aromatic nitrogens is 2. The second kappa shape index (κ2) is 5.82. The van der Waals surface area contributed by atoms with Crippen molar-refractivity contribution in [3.8, 4) is 0 Å². The number of halogens is 1. The Morgan fingerprint density at radius 3 is 2.80 bits per heavy atom. The van der Waals surface area contributed by atoms with E-state index in [0.717, 1.165) is 5.56 Å². The molecule has 0 bridgehead atoms. The topological polar surface area (TPSA) is 84.2 Å². The third-order valence-electron chi connectivity index (χ3n) is 2.74. The van der Waals surface area contributed by atoms with Gasteiger partial charge in [-0.15, -0.1) is 0 Å². The van der Waals surface area contributed by atoms with Crippen LogP contribution in [0.4, 0.5) is 5.69 Å². The summed E-state index contributed by atoms with van der Waals surface area (Å²) in [7, 11) is -2.23. The number of aliphatic hydroxyl groups excluding tert-OH is 1. The summed E-state index contributed by atoms with van der Waals surface area (Å²) in [6.45, 7) is 0.00748. The van der Waals surface area contributed by atoms with E-state index >= 15 is 0 Å². The van der Waals surface area contributed by atoms with Gasteiger partial charge in [-0.2, -0.15) is 8.42 Å². The minimum Gasteiger partial charge on any atom is -0.396 e. The van der Waals surface area contributed by atoms with E-state index < -0.39 is 10.0 Å². The van der Waals surface area contributed by atoms with E-state index in [-0.39, 0.29) is 16.9 Å². The van der Waals surface area contributed by atoms with Crippen molar-refractivity contribution in [2.45, 2.75) is 11.4 Å². The van der Waals surface area contributed by atoms with Gasteiger partial charge in [-0.3, -0.25) is 4.72 Å². The zero-order chi connectivity index (χ0) is 14.8. The van der Waals surface area contributed by atoms with Crippen molar-refractivity contribution in [1.82, 2.24) is 9.55 Å². The molecule has 1 aromatic heterocycles. The van der Waals surface area contributed by atoms with Crippen LogP contribution < -0.4 is 4.72 Å². The standard InChI is InChI=1S/C12H14ClN3O3S/c1-16-11(8-14-12(16)13)20(18,19)15-10-4-2-3-9(7-10)5-6-17/h2-4,7-8,15,17H,5-6H2,1H3. The van der Waals surface area contributed by atoms with Crippen LogP contribution >= 0.6 is 11.6 Å². The van der Waals surface area contributed by atoms with Crippen molar-refractivity contribution in [1.29, 1.82) is 0 Å². The molecule has 108 valence electrons.